The van der Waals surface area contributed by atoms with Crippen LogP contribution in [-0.2, 0) is 15.0 Å². The third kappa shape index (κ3) is 3.66. The summed E-state index contributed by atoms with van der Waals surface area (Å²) in [6.07, 6.45) is 2.61. The van der Waals surface area contributed by atoms with E-state index in [1.54, 1.807) is 12.1 Å². The van der Waals surface area contributed by atoms with Gasteiger partial charge in [0, 0.05) is 51.4 Å². The van der Waals surface area contributed by atoms with Crippen molar-refractivity contribution in [2.75, 3.05) is 38.1 Å². The average Bonchev–Trinajstić information content (AvgIpc) is 3.03. The Morgan fingerprint density at radius 2 is 1.72 bits per heavy atom. The van der Waals surface area contributed by atoms with Crippen LogP contribution in [0.5, 0.6) is 0 Å². The van der Waals surface area contributed by atoms with Crippen LogP contribution in [0.4, 0.5) is 5.82 Å². The van der Waals surface area contributed by atoms with Gasteiger partial charge in [0.2, 0.25) is 11.8 Å². The zero-order valence-electron chi connectivity index (χ0n) is 19.2. The van der Waals surface area contributed by atoms with E-state index in [0.717, 1.165) is 35.6 Å². The Balaban J connectivity index is 1.45. The minimum atomic E-state index is -0.821. The SMILES string of the molecule is CCC1(c2ccc(C(=O)N3CCN(c4ncc(C)cc4C)CC3)cc2)CC(=O)N(C)C1=O. The zero-order chi connectivity index (χ0) is 23.0. The molecule has 0 aliphatic carbocycles. The maximum Gasteiger partial charge on any atom is 0.253 e. The zero-order valence-corrected chi connectivity index (χ0v) is 19.2. The fourth-order valence-corrected chi connectivity index (χ4v) is 4.87. The lowest BCUT2D eigenvalue weighted by Crippen LogP contribution is -2.49. The molecule has 2 aliphatic rings. The number of hydrogen-bond donors (Lipinski definition) is 0. The Hall–Kier alpha value is -3.22. The molecule has 1 unspecified atom stereocenters. The standard InChI is InChI=1S/C25H30N4O3/c1-5-25(15-21(30)27(4)24(25)32)20-8-6-19(7-9-20)23(31)29-12-10-28(11-13-29)22-18(3)14-17(2)16-26-22/h6-9,14,16H,5,10-13,15H2,1-4H3. The van der Waals surface area contributed by atoms with E-state index < -0.39 is 5.41 Å². The van der Waals surface area contributed by atoms with E-state index in [9.17, 15) is 14.4 Å². The molecule has 0 saturated carbocycles. The molecule has 2 aliphatic heterocycles. The predicted octanol–water partition coefficient (Wildman–Crippen LogP) is 2.70. The maximum atomic E-state index is 13.1. The molecule has 7 heteroatoms. The summed E-state index contributed by atoms with van der Waals surface area (Å²) in [7, 11) is 1.53. The largest absolute Gasteiger partial charge is 0.353 e. The Labute approximate surface area is 189 Å². The highest BCUT2D eigenvalue weighted by Gasteiger charge is 2.50. The summed E-state index contributed by atoms with van der Waals surface area (Å²) in [4.78, 5) is 47.8. The number of likely N-dealkylation sites (N-methyl/N-ethyl adjacent to an activating group) is 1. The molecule has 2 aromatic rings. The minimum Gasteiger partial charge on any atom is -0.353 e. The van der Waals surface area contributed by atoms with Gasteiger partial charge in [-0.2, -0.15) is 0 Å². The average molecular weight is 435 g/mol. The van der Waals surface area contributed by atoms with Crippen LogP contribution in [0.15, 0.2) is 36.5 Å². The van der Waals surface area contributed by atoms with Gasteiger partial charge < -0.3 is 9.80 Å². The molecule has 1 aromatic carbocycles. The molecular formula is C25H30N4O3. The van der Waals surface area contributed by atoms with Crippen molar-refractivity contribution in [1.82, 2.24) is 14.8 Å². The number of pyridine rings is 1. The van der Waals surface area contributed by atoms with Crippen LogP contribution in [0.1, 0.15) is 46.8 Å². The monoisotopic (exact) mass is 434 g/mol. The molecule has 1 atom stereocenters. The molecule has 2 saturated heterocycles. The molecule has 0 bridgehead atoms. The second kappa shape index (κ2) is 8.37. The van der Waals surface area contributed by atoms with Crippen LogP contribution >= 0.6 is 0 Å². The summed E-state index contributed by atoms with van der Waals surface area (Å²) in [5.41, 5.74) is 2.87. The number of piperazine rings is 1. The second-order valence-corrected chi connectivity index (χ2v) is 8.88. The van der Waals surface area contributed by atoms with E-state index >= 15 is 0 Å². The first kappa shape index (κ1) is 22.0. The molecule has 4 rings (SSSR count). The number of anilines is 1. The highest BCUT2D eigenvalue weighted by Crippen LogP contribution is 2.39. The number of amides is 3. The Morgan fingerprint density at radius 1 is 1.06 bits per heavy atom. The lowest BCUT2D eigenvalue weighted by Gasteiger charge is -2.36. The van der Waals surface area contributed by atoms with Gasteiger partial charge in [0.05, 0.1) is 5.41 Å². The number of nitrogens with zero attached hydrogens (tertiary/aromatic N) is 4. The van der Waals surface area contributed by atoms with Gasteiger partial charge in [0.1, 0.15) is 5.82 Å². The van der Waals surface area contributed by atoms with Gasteiger partial charge in [-0.1, -0.05) is 25.1 Å². The van der Waals surface area contributed by atoms with E-state index in [2.05, 4.69) is 22.9 Å². The first-order valence-electron chi connectivity index (χ1n) is 11.2. The molecule has 3 amide bonds. The van der Waals surface area contributed by atoms with E-state index in [1.807, 2.05) is 37.1 Å². The van der Waals surface area contributed by atoms with Crippen molar-refractivity contribution in [1.29, 1.82) is 0 Å². The Kier molecular flexibility index (Phi) is 5.75. The van der Waals surface area contributed by atoms with Crippen molar-refractivity contribution in [2.45, 2.75) is 39.0 Å². The minimum absolute atomic E-state index is 0.0127. The summed E-state index contributed by atoms with van der Waals surface area (Å²) < 4.78 is 0. The topological polar surface area (TPSA) is 73.8 Å². The van der Waals surface area contributed by atoms with E-state index in [0.29, 0.717) is 25.1 Å². The van der Waals surface area contributed by atoms with Gasteiger partial charge in [-0.25, -0.2) is 4.98 Å². The normalized spacial score (nSPS) is 21.4. The van der Waals surface area contributed by atoms with Gasteiger partial charge in [0.25, 0.3) is 5.91 Å². The van der Waals surface area contributed by atoms with E-state index in [4.69, 9.17) is 0 Å². The molecule has 2 fully saturated rings. The number of carbonyl (C=O) groups excluding carboxylic acids is 3. The number of benzene rings is 1. The smallest absolute Gasteiger partial charge is 0.253 e. The van der Waals surface area contributed by atoms with Crippen LogP contribution in [0, 0.1) is 13.8 Å². The predicted molar refractivity (Wildman–Crippen MR) is 123 cm³/mol. The lowest BCUT2D eigenvalue weighted by atomic mass is 9.76. The van der Waals surface area contributed by atoms with Crippen molar-refractivity contribution in [3.63, 3.8) is 0 Å². The van der Waals surface area contributed by atoms with Crippen LogP contribution in [-0.4, -0.2) is 65.7 Å². The van der Waals surface area contributed by atoms with Crippen molar-refractivity contribution < 1.29 is 14.4 Å². The molecule has 0 radical (unpaired) electrons. The maximum absolute atomic E-state index is 13.1. The third-order valence-corrected chi connectivity index (χ3v) is 6.88. The number of carbonyl (C=O) groups is 3. The number of aryl methyl sites for hydroxylation is 2. The second-order valence-electron chi connectivity index (χ2n) is 8.88. The highest BCUT2D eigenvalue weighted by molar-refractivity contribution is 6.08. The van der Waals surface area contributed by atoms with Gasteiger partial charge in [-0.15, -0.1) is 0 Å². The number of likely N-dealkylation sites (tertiary alicyclic amines) is 1. The molecule has 0 N–H and O–H groups in total. The van der Waals surface area contributed by atoms with E-state index in [1.165, 1.54) is 11.9 Å². The summed E-state index contributed by atoms with van der Waals surface area (Å²) in [6, 6.07) is 9.35. The van der Waals surface area contributed by atoms with Crippen molar-refractivity contribution in [2.24, 2.45) is 0 Å². The fraction of sp³-hybridized carbons (Fsp3) is 0.440. The van der Waals surface area contributed by atoms with Crippen LogP contribution in [0.2, 0.25) is 0 Å². The Morgan fingerprint density at radius 3 is 2.25 bits per heavy atom. The molecule has 0 spiro atoms. The highest BCUT2D eigenvalue weighted by atomic mass is 16.2. The molecule has 32 heavy (non-hydrogen) atoms. The summed E-state index contributed by atoms with van der Waals surface area (Å²) in [5.74, 6) is 0.646. The van der Waals surface area contributed by atoms with Crippen molar-refractivity contribution >= 4 is 23.5 Å². The molecule has 1 aromatic heterocycles. The quantitative estimate of drug-likeness (QED) is 0.692. The lowest BCUT2D eigenvalue weighted by molar-refractivity contribution is -0.138. The number of aromatic nitrogens is 1. The van der Waals surface area contributed by atoms with E-state index in [-0.39, 0.29) is 24.1 Å². The number of hydrogen-bond acceptors (Lipinski definition) is 5. The first-order chi connectivity index (χ1) is 15.3. The molecule has 168 valence electrons. The van der Waals surface area contributed by atoms with Crippen LogP contribution in [0.25, 0.3) is 0 Å². The number of rotatable bonds is 4. The Bertz CT molecular complexity index is 1060. The molecule has 3 heterocycles. The van der Waals surface area contributed by atoms with Gasteiger partial charge in [-0.05, 0) is 49.1 Å². The molecular weight excluding hydrogens is 404 g/mol. The first-order valence-corrected chi connectivity index (χ1v) is 11.2. The van der Waals surface area contributed by atoms with Gasteiger partial charge in [0.15, 0.2) is 0 Å². The fourth-order valence-electron chi connectivity index (χ4n) is 4.87. The number of imide groups is 1. The van der Waals surface area contributed by atoms with Crippen LogP contribution < -0.4 is 4.90 Å². The van der Waals surface area contributed by atoms with Crippen molar-refractivity contribution in [3.05, 3.63) is 58.8 Å². The van der Waals surface area contributed by atoms with Gasteiger partial charge >= 0.3 is 0 Å². The van der Waals surface area contributed by atoms with Crippen molar-refractivity contribution in [3.8, 4) is 0 Å². The summed E-state index contributed by atoms with van der Waals surface area (Å²) in [6.45, 7) is 8.77. The van der Waals surface area contributed by atoms with Crippen LogP contribution in [0.3, 0.4) is 0 Å². The molecule has 7 nitrogen and oxygen atoms in total. The summed E-state index contributed by atoms with van der Waals surface area (Å²) >= 11 is 0. The summed E-state index contributed by atoms with van der Waals surface area (Å²) in [5, 5.41) is 0. The third-order valence-electron chi connectivity index (χ3n) is 6.88. The van der Waals surface area contributed by atoms with Gasteiger partial charge in [-0.3, -0.25) is 19.3 Å².